The Morgan fingerprint density at radius 2 is 2.12 bits per heavy atom. The van der Waals surface area contributed by atoms with Crippen molar-refractivity contribution in [2.75, 3.05) is 49.6 Å². The Morgan fingerprint density at radius 3 is 2.80 bits per heavy atom. The molecule has 4 heterocycles. The molecule has 0 bridgehead atoms. The van der Waals surface area contributed by atoms with Crippen LogP contribution in [-0.4, -0.2) is 75.7 Å². The van der Waals surface area contributed by atoms with Gasteiger partial charge in [-0.2, -0.15) is 22.7 Å². The van der Waals surface area contributed by atoms with Gasteiger partial charge < -0.3 is 29.9 Å². The number of β-amino-alcohol motifs (C(OH)–C–C–N with tert-alkyl or cyclic N) is 1. The number of fused-ring (bicyclic) bond motifs is 1. The Bertz CT molecular complexity index is 1550. The molecule has 2 aromatic heterocycles. The highest BCUT2D eigenvalue weighted by molar-refractivity contribution is 5.91. The van der Waals surface area contributed by atoms with Crippen LogP contribution >= 0.6 is 0 Å². The van der Waals surface area contributed by atoms with Crippen LogP contribution in [0.25, 0.3) is 11.4 Å². The second kappa shape index (κ2) is 11.6. The van der Waals surface area contributed by atoms with Gasteiger partial charge >= 0.3 is 6.18 Å². The predicted molar refractivity (Wildman–Crippen MR) is 146 cm³/mol. The maximum absolute atomic E-state index is 13.9. The van der Waals surface area contributed by atoms with E-state index in [0.717, 1.165) is 17.7 Å². The van der Waals surface area contributed by atoms with E-state index >= 15 is 0 Å². The summed E-state index contributed by atoms with van der Waals surface area (Å²) in [5, 5.41) is 20.8. The van der Waals surface area contributed by atoms with Gasteiger partial charge in [-0.25, -0.2) is 0 Å². The first-order valence-corrected chi connectivity index (χ1v) is 13.5. The fourth-order valence-corrected chi connectivity index (χ4v) is 5.21. The number of amides is 1. The maximum Gasteiger partial charge on any atom is 0.416 e. The molecule has 1 fully saturated rings. The molecule has 0 radical (unpaired) electrons. The van der Waals surface area contributed by atoms with Gasteiger partial charge in [0, 0.05) is 31.9 Å². The summed E-state index contributed by atoms with van der Waals surface area (Å²) in [7, 11) is 0. The first-order chi connectivity index (χ1) is 19.6. The molecule has 11 nitrogen and oxygen atoms in total. The van der Waals surface area contributed by atoms with Crippen molar-refractivity contribution in [2.45, 2.75) is 45.5 Å². The van der Waals surface area contributed by atoms with Gasteiger partial charge in [0.15, 0.2) is 5.82 Å². The van der Waals surface area contributed by atoms with Crippen molar-refractivity contribution >= 4 is 28.6 Å². The topological polar surface area (TPSA) is 126 Å². The van der Waals surface area contributed by atoms with E-state index < -0.39 is 29.3 Å². The number of hydrogen-bond donors (Lipinski definition) is 3. The van der Waals surface area contributed by atoms with E-state index in [1.165, 1.54) is 17.5 Å². The molecule has 1 saturated heterocycles. The van der Waals surface area contributed by atoms with E-state index in [1.54, 1.807) is 9.47 Å². The standard InChI is InChI=1S/C27H32F3N7O4/c1-3-21-23(35-9-8-31-13-19(38)14-35)25(40)37-26(33-24(34-37)17-6-10-41-11-7-17)36(21)15-22(39)32-20-5-4-18(12-16(20)2)27(28,29)30/h4-6,12,19,31,38H,3,7-11,13-15H2,1-2H3,(H,32,39). The number of alkyl halides is 3. The Hall–Kier alpha value is -3.75. The Morgan fingerprint density at radius 1 is 1.32 bits per heavy atom. The summed E-state index contributed by atoms with van der Waals surface area (Å²) in [5.74, 6) is 0.0205. The van der Waals surface area contributed by atoms with Crippen molar-refractivity contribution in [2.24, 2.45) is 0 Å². The molecule has 2 aliphatic heterocycles. The summed E-state index contributed by atoms with van der Waals surface area (Å²) in [6.07, 6.45) is -2.42. The smallest absolute Gasteiger partial charge is 0.390 e. The third kappa shape index (κ3) is 5.99. The monoisotopic (exact) mass is 575 g/mol. The van der Waals surface area contributed by atoms with Crippen LogP contribution in [0, 0.1) is 6.92 Å². The summed E-state index contributed by atoms with van der Waals surface area (Å²) in [6.45, 7) is 5.55. The number of carbonyl (C=O) groups excluding carboxylic acids is 1. The number of benzene rings is 1. The Balaban J connectivity index is 1.58. The molecule has 0 spiro atoms. The quantitative estimate of drug-likeness (QED) is 0.408. The minimum atomic E-state index is -4.50. The lowest BCUT2D eigenvalue weighted by Crippen LogP contribution is -2.40. The van der Waals surface area contributed by atoms with Gasteiger partial charge in [-0.15, -0.1) is 5.10 Å². The molecule has 41 heavy (non-hydrogen) atoms. The van der Waals surface area contributed by atoms with Crippen LogP contribution in [0.3, 0.4) is 0 Å². The number of ether oxygens (including phenoxy) is 1. The molecule has 3 N–H and O–H groups in total. The highest BCUT2D eigenvalue weighted by Gasteiger charge is 2.31. The highest BCUT2D eigenvalue weighted by atomic mass is 19.4. The largest absolute Gasteiger partial charge is 0.416 e. The zero-order valence-electron chi connectivity index (χ0n) is 22.8. The van der Waals surface area contributed by atoms with Crippen molar-refractivity contribution in [1.29, 1.82) is 0 Å². The number of aryl methyl sites for hydroxylation is 1. The Labute approximate surface area is 233 Å². The molecule has 5 rings (SSSR count). The number of anilines is 2. The molecule has 3 aromatic rings. The van der Waals surface area contributed by atoms with Crippen molar-refractivity contribution in [3.63, 3.8) is 0 Å². The van der Waals surface area contributed by atoms with E-state index in [9.17, 15) is 27.9 Å². The second-order valence-electron chi connectivity index (χ2n) is 10.1. The number of rotatable bonds is 6. The SMILES string of the molecule is CCc1c(N2CCNCC(O)C2)c(=O)n2nc(C3=CCOCC3)nc2n1CC(=O)Nc1ccc(C(F)(F)F)cc1C. The molecule has 1 atom stereocenters. The van der Waals surface area contributed by atoms with Gasteiger partial charge in [-0.3, -0.25) is 9.59 Å². The van der Waals surface area contributed by atoms with Gasteiger partial charge in [-0.1, -0.05) is 13.0 Å². The van der Waals surface area contributed by atoms with Crippen molar-refractivity contribution in [3.05, 3.63) is 57.3 Å². The van der Waals surface area contributed by atoms with Crippen LogP contribution in [0.2, 0.25) is 0 Å². The molecule has 14 heteroatoms. The van der Waals surface area contributed by atoms with Crippen molar-refractivity contribution in [3.8, 4) is 0 Å². The van der Waals surface area contributed by atoms with E-state index in [-0.39, 0.29) is 30.1 Å². The fraction of sp³-hybridized carbons (Fsp3) is 0.481. The minimum Gasteiger partial charge on any atom is -0.390 e. The molecule has 220 valence electrons. The molecule has 1 unspecified atom stereocenters. The first kappa shape index (κ1) is 28.8. The normalized spacial score (nSPS) is 18.3. The minimum absolute atomic E-state index is 0.172. The Kier molecular flexibility index (Phi) is 8.16. The number of carbonyl (C=O) groups is 1. The average Bonchev–Trinajstić information content (AvgIpc) is 3.28. The highest BCUT2D eigenvalue weighted by Crippen LogP contribution is 2.31. The number of aromatic nitrogens is 4. The fourth-order valence-electron chi connectivity index (χ4n) is 5.21. The van der Waals surface area contributed by atoms with Crippen LogP contribution < -0.4 is 21.1 Å². The zero-order valence-corrected chi connectivity index (χ0v) is 22.8. The molecular weight excluding hydrogens is 543 g/mol. The summed E-state index contributed by atoms with van der Waals surface area (Å²) in [5.41, 5.74) is 0.971. The van der Waals surface area contributed by atoms with Crippen LogP contribution in [0.5, 0.6) is 0 Å². The first-order valence-electron chi connectivity index (χ1n) is 13.5. The number of halogens is 3. The predicted octanol–water partition coefficient (Wildman–Crippen LogP) is 1.99. The van der Waals surface area contributed by atoms with Crippen LogP contribution in [-0.2, 0) is 28.7 Å². The number of aliphatic hydroxyl groups excluding tert-OH is 1. The van der Waals surface area contributed by atoms with E-state index in [2.05, 4.69) is 20.7 Å². The summed E-state index contributed by atoms with van der Waals surface area (Å²) in [4.78, 5) is 33.7. The third-order valence-electron chi connectivity index (χ3n) is 7.23. The number of nitrogens with one attached hydrogen (secondary N) is 2. The zero-order chi connectivity index (χ0) is 29.3. The van der Waals surface area contributed by atoms with Crippen LogP contribution in [0.15, 0.2) is 29.1 Å². The summed E-state index contributed by atoms with van der Waals surface area (Å²) in [6, 6.07) is 3.12. The third-order valence-corrected chi connectivity index (χ3v) is 7.23. The lowest BCUT2D eigenvalue weighted by Gasteiger charge is -2.27. The molecule has 2 aliphatic rings. The summed E-state index contributed by atoms with van der Waals surface area (Å²) >= 11 is 0. The van der Waals surface area contributed by atoms with Gasteiger partial charge in [0.2, 0.25) is 11.7 Å². The molecule has 1 aromatic carbocycles. The molecular formula is C27H32F3N7O4. The van der Waals surface area contributed by atoms with Gasteiger partial charge in [-0.05, 0) is 49.1 Å². The van der Waals surface area contributed by atoms with Crippen molar-refractivity contribution in [1.82, 2.24) is 24.5 Å². The lowest BCUT2D eigenvalue weighted by molar-refractivity contribution is -0.137. The van der Waals surface area contributed by atoms with E-state index in [4.69, 9.17) is 4.74 Å². The van der Waals surface area contributed by atoms with E-state index in [1.807, 2.05) is 13.0 Å². The van der Waals surface area contributed by atoms with Gasteiger partial charge in [0.1, 0.15) is 12.2 Å². The number of nitrogens with zero attached hydrogens (tertiary/aromatic N) is 5. The summed E-state index contributed by atoms with van der Waals surface area (Å²) < 4.78 is 47.6. The molecule has 0 aliphatic carbocycles. The second-order valence-corrected chi connectivity index (χ2v) is 10.1. The van der Waals surface area contributed by atoms with Crippen LogP contribution in [0.4, 0.5) is 24.5 Å². The van der Waals surface area contributed by atoms with Crippen molar-refractivity contribution < 1.29 is 27.8 Å². The van der Waals surface area contributed by atoms with E-state index in [0.29, 0.717) is 62.9 Å². The average molecular weight is 576 g/mol. The van der Waals surface area contributed by atoms with Gasteiger partial charge in [0.05, 0.1) is 30.6 Å². The van der Waals surface area contributed by atoms with Gasteiger partial charge in [0.25, 0.3) is 5.56 Å². The number of hydrogen-bond acceptors (Lipinski definition) is 8. The maximum atomic E-state index is 13.9. The van der Waals surface area contributed by atoms with Crippen LogP contribution in [0.1, 0.15) is 36.0 Å². The number of aliphatic hydroxyl groups is 1. The molecule has 1 amide bonds. The lowest BCUT2D eigenvalue weighted by atomic mass is 10.1. The molecule has 0 saturated carbocycles.